The zero-order valence-corrected chi connectivity index (χ0v) is 13.5. The van der Waals surface area contributed by atoms with E-state index in [2.05, 4.69) is 20.6 Å². The van der Waals surface area contributed by atoms with Crippen LogP contribution in [0.15, 0.2) is 23.7 Å². The van der Waals surface area contributed by atoms with E-state index in [0.29, 0.717) is 23.1 Å². The van der Waals surface area contributed by atoms with Gasteiger partial charge in [-0.3, -0.25) is 4.79 Å². The van der Waals surface area contributed by atoms with Crippen LogP contribution in [0.3, 0.4) is 0 Å². The molecule has 1 amide bonds. The Morgan fingerprint density at radius 2 is 2.29 bits per heavy atom. The minimum atomic E-state index is -0.165. The molecule has 1 unspecified atom stereocenters. The summed E-state index contributed by atoms with van der Waals surface area (Å²) in [5.74, 6) is 0.615. The molecule has 5 nitrogen and oxygen atoms in total. The minimum Gasteiger partial charge on any atom is -0.370 e. The van der Waals surface area contributed by atoms with Gasteiger partial charge >= 0.3 is 0 Å². The monoisotopic (exact) mass is 324 g/mol. The maximum atomic E-state index is 12.2. The van der Waals surface area contributed by atoms with Gasteiger partial charge in [0.1, 0.15) is 11.0 Å². The molecule has 0 saturated heterocycles. The van der Waals surface area contributed by atoms with Crippen LogP contribution in [-0.2, 0) is 0 Å². The van der Waals surface area contributed by atoms with E-state index < -0.39 is 0 Å². The highest BCUT2D eigenvalue weighted by Gasteiger charge is 2.13. The number of thiazole rings is 1. The predicted octanol–water partition coefficient (Wildman–Crippen LogP) is 3.16. The number of rotatable bonds is 6. The van der Waals surface area contributed by atoms with Crippen LogP contribution in [0.25, 0.3) is 0 Å². The van der Waals surface area contributed by atoms with Crippen LogP contribution >= 0.6 is 22.9 Å². The number of carbonyl (C=O) groups is 1. The first-order valence-electron chi connectivity index (χ1n) is 6.69. The van der Waals surface area contributed by atoms with Gasteiger partial charge in [-0.05, 0) is 19.1 Å². The van der Waals surface area contributed by atoms with E-state index in [0.717, 1.165) is 11.6 Å². The lowest BCUT2D eigenvalue weighted by Crippen LogP contribution is -2.27. The van der Waals surface area contributed by atoms with Crippen LogP contribution in [0.1, 0.15) is 35.1 Å². The summed E-state index contributed by atoms with van der Waals surface area (Å²) >= 11 is 7.52. The lowest BCUT2D eigenvalue weighted by molar-refractivity contribution is 0.0951. The SMILES string of the molecule is CCNc1cc(C(=O)NCC(C)c2nccs2)cc(Cl)n1. The number of nitrogens with one attached hydrogen (secondary N) is 2. The molecular formula is C14H17ClN4OS. The van der Waals surface area contributed by atoms with E-state index in [9.17, 15) is 4.79 Å². The van der Waals surface area contributed by atoms with Gasteiger partial charge in [0.25, 0.3) is 5.91 Å². The number of pyridine rings is 1. The smallest absolute Gasteiger partial charge is 0.251 e. The van der Waals surface area contributed by atoms with E-state index in [1.807, 2.05) is 19.2 Å². The van der Waals surface area contributed by atoms with Crippen molar-refractivity contribution in [3.05, 3.63) is 39.4 Å². The summed E-state index contributed by atoms with van der Waals surface area (Å²) in [5, 5.41) is 9.18. The molecule has 2 aromatic rings. The molecule has 21 heavy (non-hydrogen) atoms. The highest BCUT2D eigenvalue weighted by Crippen LogP contribution is 2.17. The molecule has 0 aliphatic carbocycles. The van der Waals surface area contributed by atoms with Gasteiger partial charge < -0.3 is 10.6 Å². The fraction of sp³-hybridized carbons (Fsp3) is 0.357. The average molecular weight is 325 g/mol. The van der Waals surface area contributed by atoms with Crippen LogP contribution in [0.2, 0.25) is 5.15 Å². The van der Waals surface area contributed by atoms with Crippen molar-refractivity contribution >= 4 is 34.7 Å². The molecule has 7 heteroatoms. The summed E-state index contributed by atoms with van der Waals surface area (Å²) in [4.78, 5) is 20.5. The maximum absolute atomic E-state index is 12.2. The summed E-state index contributed by atoms with van der Waals surface area (Å²) in [5.41, 5.74) is 0.497. The number of hydrogen-bond acceptors (Lipinski definition) is 5. The van der Waals surface area contributed by atoms with Gasteiger partial charge in [-0.1, -0.05) is 18.5 Å². The quantitative estimate of drug-likeness (QED) is 0.801. The first kappa shape index (κ1) is 15.7. The van der Waals surface area contributed by atoms with Crippen molar-refractivity contribution in [1.29, 1.82) is 0 Å². The molecule has 2 aromatic heterocycles. The van der Waals surface area contributed by atoms with E-state index in [1.165, 1.54) is 0 Å². The van der Waals surface area contributed by atoms with Crippen LogP contribution in [0.4, 0.5) is 5.82 Å². The molecule has 0 aromatic carbocycles. The molecule has 0 radical (unpaired) electrons. The summed E-state index contributed by atoms with van der Waals surface area (Å²) in [6.07, 6.45) is 1.77. The lowest BCUT2D eigenvalue weighted by atomic mass is 10.2. The molecule has 0 aliphatic rings. The Morgan fingerprint density at radius 3 is 2.95 bits per heavy atom. The fourth-order valence-corrected chi connectivity index (χ4v) is 2.72. The highest BCUT2D eigenvalue weighted by atomic mass is 35.5. The molecule has 112 valence electrons. The molecule has 2 heterocycles. The van der Waals surface area contributed by atoms with Crippen molar-refractivity contribution < 1.29 is 4.79 Å². The molecule has 2 N–H and O–H groups in total. The molecule has 0 fully saturated rings. The molecular weight excluding hydrogens is 308 g/mol. The topological polar surface area (TPSA) is 66.9 Å². The van der Waals surface area contributed by atoms with Crippen LogP contribution in [-0.4, -0.2) is 29.0 Å². The number of anilines is 1. The zero-order chi connectivity index (χ0) is 15.2. The van der Waals surface area contributed by atoms with E-state index in [1.54, 1.807) is 29.7 Å². The number of nitrogens with zero attached hydrogens (tertiary/aromatic N) is 2. The van der Waals surface area contributed by atoms with Crippen LogP contribution < -0.4 is 10.6 Å². The summed E-state index contributed by atoms with van der Waals surface area (Å²) in [7, 11) is 0. The van der Waals surface area contributed by atoms with Gasteiger partial charge in [0.2, 0.25) is 0 Å². The number of aromatic nitrogens is 2. The van der Waals surface area contributed by atoms with Gasteiger partial charge in [0.15, 0.2) is 0 Å². The summed E-state index contributed by atoms with van der Waals surface area (Å²) in [6, 6.07) is 3.25. The van der Waals surface area contributed by atoms with Crippen molar-refractivity contribution in [2.45, 2.75) is 19.8 Å². The highest BCUT2D eigenvalue weighted by molar-refractivity contribution is 7.09. The molecule has 1 atom stereocenters. The Kier molecular flexibility index (Phi) is 5.52. The number of hydrogen-bond donors (Lipinski definition) is 2. The van der Waals surface area contributed by atoms with Crippen molar-refractivity contribution in [3.63, 3.8) is 0 Å². The van der Waals surface area contributed by atoms with Crippen LogP contribution in [0.5, 0.6) is 0 Å². The Labute approximate surface area is 132 Å². The fourth-order valence-electron chi connectivity index (χ4n) is 1.81. The van der Waals surface area contributed by atoms with E-state index in [4.69, 9.17) is 11.6 Å². The molecule has 0 aliphatic heterocycles. The Bertz CT molecular complexity index is 603. The van der Waals surface area contributed by atoms with Gasteiger partial charge in [-0.2, -0.15) is 0 Å². The molecule has 0 saturated carbocycles. The van der Waals surface area contributed by atoms with Crippen LogP contribution in [0, 0.1) is 0 Å². The largest absolute Gasteiger partial charge is 0.370 e. The van der Waals surface area contributed by atoms with Gasteiger partial charge in [0.05, 0.1) is 5.01 Å². The van der Waals surface area contributed by atoms with Crippen molar-refractivity contribution in [2.75, 3.05) is 18.4 Å². The first-order chi connectivity index (χ1) is 10.1. The Hall–Kier alpha value is -1.66. The summed E-state index contributed by atoms with van der Waals surface area (Å²) < 4.78 is 0. The van der Waals surface area contributed by atoms with Gasteiger partial charge in [0, 0.05) is 36.1 Å². The van der Waals surface area contributed by atoms with Gasteiger partial charge in [-0.25, -0.2) is 9.97 Å². The normalized spacial score (nSPS) is 12.0. The maximum Gasteiger partial charge on any atom is 0.251 e. The third kappa shape index (κ3) is 4.41. The predicted molar refractivity (Wildman–Crippen MR) is 86.3 cm³/mol. The third-order valence-corrected chi connectivity index (χ3v) is 4.06. The number of amides is 1. The van der Waals surface area contributed by atoms with Crippen molar-refractivity contribution in [1.82, 2.24) is 15.3 Å². The Balaban J connectivity index is 2.00. The second-order valence-corrected chi connectivity index (χ2v) is 5.89. The Morgan fingerprint density at radius 1 is 1.48 bits per heavy atom. The molecule has 2 rings (SSSR count). The first-order valence-corrected chi connectivity index (χ1v) is 7.95. The molecule has 0 bridgehead atoms. The third-order valence-electron chi connectivity index (χ3n) is 2.86. The van der Waals surface area contributed by atoms with Crippen molar-refractivity contribution in [3.8, 4) is 0 Å². The minimum absolute atomic E-state index is 0.165. The van der Waals surface area contributed by atoms with Gasteiger partial charge in [-0.15, -0.1) is 11.3 Å². The van der Waals surface area contributed by atoms with E-state index in [-0.39, 0.29) is 11.8 Å². The van der Waals surface area contributed by atoms with E-state index >= 15 is 0 Å². The molecule has 0 spiro atoms. The average Bonchev–Trinajstić information content (AvgIpc) is 2.98. The number of halogens is 1. The van der Waals surface area contributed by atoms with Crippen molar-refractivity contribution in [2.24, 2.45) is 0 Å². The summed E-state index contributed by atoms with van der Waals surface area (Å²) in [6.45, 7) is 5.24. The second kappa shape index (κ2) is 7.38. The zero-order valence-electron chi connectivity index (χ0n) is 11.9. The number of carbonyl (C=O) groups excluding carboxylic acids is 1. The lowest BCUT2D eigenvalue weighted by Gasteiger charge is -2.11. The standard InChI is InChI=1S/C14H17ClN4OS/c1-3-16-12-7-10(6-11(15)19-12)13(20)18-8-9(2)14-17-4-5-21-14/h4-7,9H,3,8H2,1-2H3,(H,16,19)(H,18,20). The second-order valence-electron chi connectivity index (χ2n) is 4.58.